The number of nitriles is 1. The van der Waals surface area contributed by atoms with E-state index < -0.39 is 17.8 Å². The van der Waals surface area contributed by atoms with Crippen LogP contribution in [-0.2, 0) is 19.1 Å². The van der Waals surface area contributed by atoms with Crippen molar-refractivity contribution >= 4 is 23.9 Å². The van der Waals surface area contributed by atoms with Gasteiger partial charge in [0.1, 0.15) is 17.4 Å². The number of nitrogens with zero attached hydrogens (tertiary/aromatic N) is 4. The van der Waals surface area contributed by atoms with Crippen molar-refractivity contribution in [3.8, 4) is 28.8 Å². The molecule has 192 valence electrons. The van der Waals surface area contributed by atoms with Crippen molar-refractivity contribution in [2.24, 2.45) is 0 Å². The van der Waals surface area contributed by atoms with Crippen molar-refractivity contribution in [3.63, 3.8) is 0 Å². The molecule has 1 aliphatic rings. The number of carbonyl (C=O) groups excluding carboxylic acids is 3. The third-order valence-electron chi connectivity index (χ3n) is 6.08. The molecule has 2 amide bonds. The van der Waals surface area contributed by atoms with E-state index in [0.29, 0.717) is 22.6 Å². The highest BCUT2D eigenvalue weighted by molar-refractivity contribution is 6.19. The van der Waals surface area contributed by atoms with Gasteiger partial charge >= 0.3 is 5.97 Å². The number of para-hydroxylation sites is 1. The first-order valence-electron chi connectivity index (χ1n) is 12.0. The van der Waals surface area contributed by atoms with Crippen LogP contribution in [0.5, 0.6) is 5.75 Å². The van der Waals surface area contributed by atoms with Crippen molar-refractivity contribution in [2.45, 2.75) is 20.3 Å². The van der Waals surface area contributed by atoms with Crippen LogP contribution in [0.1, 0.15) is 25.8 Å². The van der Waals surface area contributed by atoms with Crippen LogP contribution >= 0.6 is 0 Å². The van der Waals surface area contributed by atoms with Gasteiger partial charge in [-0.25, -0.2) is 4.68 Å². The normalized spacial score (nSPS) is 14.6. The largest absolute Gasteiger partial charge is 0.497 e. The van der Waals surface area contributed by atoms with Gasteiger partial charge in [0, 0.05) is 36.4 Å². The van der Waals surface area contributed by atoms with E-state index in [1.807, 2.05) is 60.7 Å². The third-order valence-corrected chi connectivity index (χ3v) is 6.08. The molecule has 9 heteroatoms. The number of imide groups is 1. The van der Waals surface area contributed by atoms with E-state index in [9.17, 15) is 19.6 Å². The van der Waals surface area contributed by atoms with Gasteiger partial charge in [0.2, 0.25) is 0 Å². The molecule has 1 aliphatic heterocycles. The van der Waals surface area contributed by atoms with E-state index in [4.69, 9.17) is 14.6 Å². The molecule has 0 spiro atoms. The quantitative estimate of drug-likeness (QED) is 0.194. The van der Waals surface area contributed by atoms with Crippen LogP contribution in [0.2, 0.25) is 0 Å². The maximum absolute atomic E-state index is 13.5. The first-order valence-corrected chi connectivity index (χ1v) is 12.0. The average Bonchev–Trinajstić information content (AvgIpc) is 3.35. The lowest BCUT2D eigenvalue weighted by molar-refractivity contribution is -0.141. The van der Waals surface area contributed by atoms with Gasteiger partial charge in [-0.15, -0.1) is 0 Å². The minimum atomic E-state index is -0.662. The molecular formula is C29H26N4O5. The van der Waals surface area contributed by atoms with Crippen molar-refractivity contribution in [3.05, 3.63) is 83.1 Å². The Hall–Kier alpha value is -4.97. The summed E-state index contributed by atoms with van der Waals surface area (Å²) in [5, 5.41) is 14.5. The van der Waals surface area contributed by atoms with Gasteiger partial charge in [0.05, 0.1) is 25.1 Å². The second-order valence-corrected chi connectivity index (χ2v) is 8.57. The smallest absolute Gasteiger partial charge is 0.302 e. The summed E-state index contributed by atoms with van der Waals surface area (Å²) in [4.78, 5) is 38.5. The fourth-order valence-corrected chi connectivity index (χ4v) is 4.11. The van der Waals surface area contributed by atoms with E-state index in [0.717, 1.165) is 16.2 Å². The first-order chi connectivity index (χ1) is 18.3. The molecule has 2 aromatic carbocycles. The Labute approximate surface area is 220 Å². The van der Waals surface area contributed by atoms with E-state index in [2.05, 4.69) is 0 Å². The van der Waals surface area contributed by atoms with Crippen molar-refractivity contribution in [1.82, 2.24) is 14.7 Å². The lowest BCUT2D eigenvalue weighted by atomic mass is 9.93. The number of carbonyl (C=O) groups is 3. The number of rotatable bonds is 8. The van der Waals surface area contributed by atoms with Gasteiger partial charge in [-0.2, -0.15) is 10.4 Å². The van der Waals surface area contributed by atoms with Crippen LogP contribution in [0.3, 0.4) is 0 Å². The fourth-order valence-electron chi connectivity index (χ4n) is 4.11. The molecular weight excluding hydrogens is 484 g/mol. The Bertz CT molecular complexity index is 1480. The molecule has 0 unspecified atom stereocenters. The lowest BCUT2D eigenvalue weighted by Gasteiger charge is -2.27. The van der Waals surface area contributed by atoms with Crippen molar-refractivity contribution in [2.75, 3.05) is 20.3 Å². The lowest BCUT2D eigenvalue weighted by Crippen LogP contribution is -2.43. The number of hydrogen-bond donors (Lipinski definition) is 0. The number of ether oxygens (including phenoxy) is 2. The van der Waals surface area contributed by atoms with Gasteiger partial charge in [-0.3, -0.25) is 19.3 Å². The molecule has 38 heavy (non-hydrogen) atoms. The molecule has 0 aliphatic carbocycles. The Morgan fingerprint density at radius 1 is 1.08 bits per heavy atom. The third kappa shape index (κ3) is 5.39. The topological polar surface area (TPSA) is 115 Å². The molecule has 0 saturated heterocycles. The van der Waals surface area contributed by atoms with E-state index in [1.54, 1.807) is 31.0 Å². The summed E-state index contributed by atoms with van der Waals surface area (Å²) in [5.41, 5.74) is 3.28. The number of methoxy groups -OCH3 is 1. The monoisotopic (exact) mass is 510 g/mol. The molecule has 2 heterocycles. The van der Waals surface area contributed by atoms with Crippen LogP contribution < -0.4 is 4.74 Å². The highest BCUT2D eigenvalue weighted by Gasteiger charge is 2.35. The van der Waals surface area contributed by atoms with Gasteiger partial charge in [-0.1, -0.05) is 18.2 Å². The van der Waals surface area contributed by atoms with Gasteiger partial charge in [-0.05, 0) is 61.4 Å². The van der Waals surface area contributed by atoms with Crippen molar-refractivity contribution in [1.29, 1.82) is 5.26 Å². The van der Waals surface area contributed by atoms with E-state index in [1.165, 1.54) is 6.92 Å². The van der Waals surface area contributed by atoms with Crippen LogP contribution in [0.4, 0.5) is 0 Å². The predicted molar refractivity (Wildman–Crippen MR) is 140 cm³/mol. The molecule has 0 fully saturated rings. The number of hydrogen-bond acceptors (Lipinski definition) is 7. The molecule has 0 saturated carbocycles. The summed E-state index contributed by atoms with van der Waals surface area (Å²) in [6, 6.07) is 18.9. The second-order valence-electron chi connectivity index (χ2n) is 8.57. The molecule has 1 aromatic heterocycles. The van der Waals surface area contributed by atoms with Gasteiger partial charge in [0.25, 0.3) is 11.8 Å². The summed E-state index contributed by atoms with van der Waals surface area (Å²) >= 11 is 0. The highest BCUT2D eigenvalue weighted by atomic mass is 16.5. The van der Waals surface area contributed by atoms with Crippen LogP contribution in [0.25, 0.3) is 23.0 Å². The van der Waals surface area contributed by atoms with E-state index >= 15 is 0 Å². The summed E-state index contributed by atoms with van der Waals surface area (Å²) in [7, 11) is 1.59. The molecule has 0 atom stereocenters. The molecule has 3 aromatic rings. The minimum Gasteiger partial charge on any atom is -0.497 e. The number of benzene rings is 2. The van der Waals surface area contributed by atoms with Crippen LogP contribution in [-0.4, -0.2) is 52.7 Å². The van der Waals surface area contributed by atoms with Gasteiger partial charge in [0.15, 0.2) is 0 Å². The number of amides is 2. The van der Waals surface area contributed by atoms with Crippen LogP contribution in [0.15, 0.2) is 77.5 Å². The standard InChI is InChI=1S/C29H26N4O5/c1-19-25(28(35)32(29(36)26(19)17-30)14-7-15-38-20(2)34)16-22-18-33(23-8-5-4-6-9-23)31-27(22)21-10-12-24(37-3)13-11-21/h4-6,8-13,16,18H,7,14-15H2,1-3H3/b25-16+. The Morgan fingerprint density at radius 2 is 1.79 bits per heavy atom. The average molecular weight is 511 g/mol. The highest BCUT2D eigenvalue weighted by Crippen LogP contribution is 2.31. The van der Waals surface area contributed by atoms with E-state index in [-0.39, 0.29) is 30.7 Å². The Kier molecular flexibility index (Phi) is 7.83. The Balaban J connectivity index is 1.80. The molecule has 9 nitrogen and oxygen atoms in total. The number of aromatic nitrogens is 2. The summed E-state index contributed by atoms with van der Waals surface area (Å²) < 4.78 is 11.9. The number of esters is 1. The summed E-state index contributed by atoms with van der Waals surface area (Å²) in [6.07, 6.45) is 3.72. The zero-order valence-electron chi connectivity index (χ0n) is 21.3. The van der Waals surface area contributed by atoms with Gasteiger partial charge < -0.3 is 9.47 Å². The molecule has 0 radical (unpaired) electrons. The van der Waals surface area contributed by atoms with Crippen molar-refractivity contribution < 1.29 is 23.9 Å². The zero-order valence-corrected chi connectivity index (χ0v) is 21.3. The molecule has 4 rings (SSSR count). The van der Waals surface area contributed by atoms with Crippen LogP contribution in [0, 0.1) is 11.3 Å². The maximum atomic E-state index is 13.5. The minimum absolute atomic E-state index is 0.00929. The fraction of sp³-hybridized carbons (Fsp3) is 0.207. The summed E-state index contributed by atoms with van der Waals surface area (Å²) in [6.45, 7) is 2.94. The molecule has 0 N–H and O–H groups in total. The zero-order chi connectivity index (χ0) is 27.2. The molecule has 0 bridgehead atoms. The first kappa shape index (κ1) is 26.1. The predicted octanol–water partition coefficient (Wildman–Crippen LogP) is 4.09. The SMILES string of the molecule is COc1ccc(-c2nn(-c3ccccc3)cc2/C=C2/C(=O)N(CCCOC(C)=O)C(=O)C(C#N)=C2C)cc1. The maximum Gasteiger partial charge on any atom is 0.302 e. The second kappa shape index (κ2) is 11.4. The summed E-state index contributed by atoms with van der Waals surface area (Å²) in [5.74, 6) is -0.941. The Morgan fingerprint density at radius 3 is 2.42 bits per heavy atom.